The van der Waals surface area contributed by atoms with E-state index in [-0.39, 0.29) is 18.1 Å². The number of anilines is 2. The van der Waals surface area contributed by atoms with Crippen LogP contribution in [0.4, 0.5) is 17.1 Å². The molecule has 1 aliphatic rings. The molecular weight excluding hydrogens is 356 g/mol. The summed E-state index contributed by atoms with van der Waals surface area (Å²) in [5.74, 6) is -0.0321. The molecule has 136 valence electrons. The monoisotopic (exact) mass is 374 g/mol. The quantitative estimate of drug-likeness (QED) is 0.643. The summed E-state index contributed by atoms with van der Waals surface area (Å²) in [6, 6.07) is 13.8. The molecule has 2 aromatic carbocycles. The third kappa shape index (κ3) is 4.23. The highest BCUT2D eigenvalue weighted by molar-refractivity contribution is 6.33. The Morgan fingerprint density at radius 3 is 2.54 bits per heavy atom. The van der Waals surface area contributed by atoms with Crippen molar-refractivity contribution in [3.8, 4) is 0 Å². The number of hydrogen-bond donors (Lipinski definition) is 1. The number of nitro groups is 1. The summed E-state index contributed by atoms with van der Waals surface area (Å²) in [6.07, 6.45) is 0. The molecule has 1 N–H and O–H groups in total. The SMILES string of the molecule is O=C(CNc1cccc([N+](=O)[O-])c1)N1CCN(c2ccccc2Cl)CC1. The molecule has 0 aromatic heterocycles. The number of carbonyl (C=O) groups excluding carboxylic acids is 1. The largest absolute Gasteiger partial charge is 0.376 e. The molecule has 7 nitrogen and oxygen atoms in total. The molecule has 8 heteroatoms. The summed E-state index contributed by atoms with van der Waals surface area (Å²) in [4.78, 5) is 26.7. The van der Waals surface area contributed by atoms with Crippen molar-refractivity contribution in [1.29, 1.82) is 0 Å². The lowest BCUT2D eigenvalue weighted by atomic mass is 10.2. The fraction of sp³-hybridized carbons (Fsp3) is 0.278. The number of rotatable bonds is 5. The van der Waals surface area contributed by atoms with Crippen molar-refractivity contribution in [2.45, 2.75) is 0 Å². The Balaban J connectivity index is 1.52. The normalized spacial score (nSPS) is 14.2. The fourth-order valence-corrected chi connectivity index (χ4v) is 3.18. The zero-order valence-electron chi connectivity index (χ0n) is 14.1. The predicted molar refractivity (Wildman–Crippen MR) is 102 cm³/mol. The first-order valence-corrected chi connectivity index (χ1v) is 8.68. The Kier molecular flexibility index (Phi) is 5.58. The third-order valence-corrected chi connectivity index (χ3v) is 4.65. The maximum atomic E-state index is 12.4. The molecule has 0 atom stereocenters. The van der Waals surface area contributed by atoms with Crippen molar-refractivity contribution in [2.24, 2.45) is 0 Å². The fourth-order valence-electron chi connectivity index (χ4n) is 2.92. The number of nitrogens with one attached hydrogen (secondary N) is 1. The van der Waals surface area contributed by atoms with Gasteiger partial charge in [-0.2, -0.15) is 0 Å². The van der Waals surface area contributed by atoms with Gasteiger partial charge in [0.2, 0.25) is 5.91 Å². The molecule has 0 aliphatic carbocycles. The predicted octanol–water partition coefficient (Wildman–Crippen LogP) is 3.01. The van der Waals surface area contributed by atoms with Gasteiger partial charge in [-0.05, 0) is 18.2 Å². The summed E-state index contributed by atoms with van der Waals surface area (Å²) < 4.78 is 0. The highest BCUT2D eigenvalue weighted by atomic mass is 35.5. The van der Waals surface area contributed by atoms with Crippen LogP contribution in [0.5, 0.6) is 0 Å². The van der Waals surface area contributed by atoms with Crippen molar-refractivity contribution in [3.05, 3.63) is 63.7 Å². The van der Waals surface area contributed by atoms with E-state index < -0.39 is 4.92 Å². The average Bonchev–Trinajstić information content (AvgIpc) is 2.67. The first-order valence-electron chi connectivity index (χ1n) is 8.30. The molecule has 2 aromatic rings. The second-order valence-corrected chi connectivity index (χ2v) is 6.39. The molecule has 0 bridgehead atoms. The number of halogens is 1. The Labute approximate surface area is 156 Å². The van der Waals surface area contributed by atoms with Gasteiger partial charge in [-0.25, -0.2) is 0 Å². The van der Waals surface area contributed by atoms with Crippen molar-refractivity contribution in [1.82, 2.24) is 4.90 Å². The van der Waals surface area contributed by atoms with Gasteiger partial charge in [0.25, 0.3) is 5.69 Å². The van der Waals surface area contributed by atoms with Crippen LogP contribution >= 0.6 is 11.6 Å². The number of nitrogens with zero attached hydrogens (tertiary/aromatic N) is 3. The summed E-state index contributed by atoms with van der Waals surface area (Å²) in [5, 5.41) is 14.5. The van der Waals surface area contributed by atoms with Crippen LogP contribution in [-0.2, 0) is 4.79 Å². The summed E-state index contributed by atoms with van der Waals surface area (Å²) >= 11 is 6.23. The number of piperazine rings is 1. The number of carbonyl (C=O) groups is 1. The first kappa shape index (κ1) is 18.0. The number of benzene rings is 2. The van der Waals surface area contributed by atoms with E-state index in [2.05, 4.69) is 10.2 Å². The molecule has 1 heterocycles. The lowest BCUT2D eigenvalue weighted by molar-refractivity contribution is -0.384. The van der Waals surface area contributed by atoms with E-state index in [0.717, 1.165) is 5.69 Å². The van der Waals surface area contributed by atoms with Gasteiger partial charge in [-0.15, -0.1) is 0 Å². The highest BCUT2D eigenvalue weighted by Gasteiger charge is 2.22. The third-order valence-electron chi connectivity index (χ3n) is 4.33. The first-order chi connectivity index (χ1) is 12.5. The summed E-state index contributed by atoms with van der Waals surface area (Å²) in [5.41, 5.74) is 1.54. The minimum Gasteiger partial charge on any atom is -0.376 e. The number of amides is 1. The van der Waals surface area contributed by atoms with Crippen molar-refractivity contribution in [2.75, 3.05) is 42.9 Å². The van der Waals surface area contributed by atoms with Crippen molar-refractivity contribution in [3.63, 3.8) is 0 Å². The van der Waals surface area contributed by atoms with E-state index in [0.29, 0.717) is 36.9 Å². The van der Waals surface area contributed by atoms with Crippen LogP contribution in [0.3, 0.4) is 0 Å². The van der Waals surface area contributed by atoms with E-state index in [9.17, 15) is 14.9 Å². The Hall–Kier alpha value is -2.80. The van der Waals surface area contributed by atoms with Gasteiger partial charge >= 0.3 is 0 Å². The van der Waals surface area contributed by atoms with E-state index in [1.165, 1.54) is 12.1 Å². The van der Waals surface area contributed by atoms with Crippen LogP contribution < -0.4 is 10.2 Å². The minimum absolute atomic E-state index is 0.00389. The molecule has 1 saturated heterocycles. The van der Waals surface area contributed by atoms with Crippen LogP contribution in [0.2, 0.25) is 5.02 Å². The molecule has 0 unspecified atom stereocenters. The zero-order valence-corrected chi connectivity index (χ0v) is 14.9. The number of nitro benzene ring substituents is 1. The topological polar surface area (TPSA) is 78.7 Å². The van der Waals surface area contributed by atoms with Crippen LogP contribution in [0, 0.1) is 10.1 Å². The number of non-ortho nitro benzene ring substituents is 1. The standard InChI is InChI=1S/C18H19ClN4O3/c19-16-6-1-2-7-17(16)21-8-10-22(11-9-21)18(24)13-20-14-4-3-5-15(12-14)23(25)26/h1-7,12,20H,8-11,13H2. The molecule has 1 fully saturated rings. The van der Waals surface area contributed by atoms with Gasteiger partial charge in [0, 0.05) is 44.0 Å². The maximum Gasteiger partial charge on any atom is 0.271 e. The van der Waals surface area contributed by atoms with Crippen molar-refractivity contribution >= 4 is 34.6 Å². The molecule has 1 amide bonds. The van der Waals surface area contributed by atoms with E-state index >= 15 is 0 Å². The minimum atomic E-state index is -0.457. The van der Waals surface area contributed by atoms with Crippen LogP contribution in [-0.4, -0.2) is 48.5 Å². The molecule has 0 radical (unpaired) electrons. The zero-order chi connectivity index (χ0) is 18.5. The lowest BCUT2D eigenvalue weighted by Gasteiger charge is -2.36. The molecular formula is C18H19ClN4O3. The van der Waals surface area contributed by atoms with E-state index in [1.807, 2.05) is 24.3 Å². The number of hydrogen-bond acceptors (Lipinski definition) is 5. The second-order valence-electron chi connectivity index (χ2n) is 5.98. The highest BCUT2D eigenvalue weighted by Crippen LogP contribution is 2.26. The van der Waals surface area contributed by atoms with Crippen molar-refractivity contribution < 1.29 is 9.72 Å². The van der Waals surface area contributed by atoms with Crippen LogP contribution in [0.1, 0.15) is 0 Å². The smallest absolute Gasteiger partial charge is 0.271 e. The van der Waals surface area contributed by atoms with Gasteiger partial charge in [0.05, 0.1) is 22.2 Å². The molecule has 26 heavy (non-hydrogen) atoms. The van der Waals surface area contributed by atoms with Crippen LogP contribution in [0.25, 0.3) is 0 Å². The van der Waals surface area contributed by atoms with Gasteiger partial charge in [-0.3, -0.25) is 14.9 Å². The van der Waals surface area contributed by atoms with Gasteiger partial charge < -0.3 is 15.1 Å². The molecule has 0 saturated carbocycles. The number of para-hydroxylation sites is 1. The van der Waals surface area contributed by atoms with Gasteiger partial charge in [-0.1, -0.05) is 29.8 Å². The Morgan fingerprint density at radius 2 is 1.85 bits per heavy atom. The van der Waals surface area contributed by atoms with Gasteiger partial charge in [0.1, 0.15) is 0 Å². The van der Waals surface area contributed by atoms with E-state index in [1.54, 1.807) is 17.0 Å². The molecule has 0 spiro atoms. The Bertz CT molecular complexity index is 807. The van der Waals surface area contributed by atoms with Gasteiger partial charge in [0.15, 0.2) is 0 Å². The molecule has 3 rings (SSSR count). The lowest BCUT2D eigenvalue weighted by Crippen LogP contribution is -2.50. The Morgan fingerprint density at radius 1 is 1.12 bits per heavy atom. The van der Waals surface area contributed by atoms with E-state index in [4.69, 9.17) is 11.6 Å². The van der Waals surface area contributed by atoms with Crippen LogP contribution in [0.15, 0.2) is 48.5 Å². The molecule has 1 aliphatic heterocycles. The maximum absolute atomic E-state index is 12.4. The average molecular weight is 375 g/mol. The summed E-state index contributed by atoms with van der Waals surface area (Å²) in [7, 11) is 0. The summed E-state index contributed by atoms with van der Waals surface area (Å²) in [6.45, 7) is 2.76. The second kappa shape index (κ2) is 8.05.